The Morgan fingerprint density at radius 2 is 0.935 bits per heavy atom. The van der Waals surface area contributed by atoms with Crippen molar-refractivity contribution in [3.63, 3.8) is 0 Å². The van der Waals surface area contributed by atoms with Crippen molar-refractivity contribution in [2.45, 2.75) is 0 Å². The lowest BCUT2D eigenvalue weighted by atomic mass is 9.85. The van der Waals surface area contributed by atoms with Gasteiger partial charge >= 0.3 is 0 Å². The number of benzene rings is 8. The molecule has 1 heterocycles. The van der Waals surface area contributed by atoms with Crippen LogP contribution in [0.4, 0.5) is 0 Å². The van der Waals surface area contributed by atoms with Gasteiger partial charge in [-0.15, -0.1) is 0 Å². The molecule has 216 valence electrons. The third kappa shape index (κ3) is 4.08. The van der Waals surface area contributed by atoms with Gasteiger partial charge in [-0.05, 0) is 72.3 Å². The molecule has 0 aliphatic rings. The van der Waals surface area contributed by atoms with Crippen LogP contribution in [0.15, 0.2) is 164 Å². The van der Waals surface area contributed by atoms with Gasteiger partial charge in [0.05, 0.1) is 11.0 Å². The highest BCUT2D eigenvalue weighted by Gasteiger charge is 2.20. The van der Waals surface area contributed by atoms with E-state index >= 15 is 0 Å². The van der Waals surface area contributed by atoms with Gasteiger partial charge in [0.15, 0.2) is 0 Å². The van der Waals surface area contributed by atoms with Crippen molar-refractivity contribution in [1.29, 1.82) is 0 Å². The smallest absolute Gasteiger partial charge is 0.140 e. The molecular weight excluding hydrogens is 556 g/mol. The van der Waals surface area contributed by atoms with Crippen LogP contribution in [0.3, 0.4) is 0 Å². The minimum absolute atomic E-state index is 0.971. The summed E-state index contributed by atoms with van der Waals surface area (Å²) in [5.41, 5.74) is 10.6. The average molecular weight is 587 g/mol. The fourth-order valence-corrected chi connectivity index (χ4v) is 7.31. The molecule has 0 fully saturated rings. The van der Waals surface area contributed by atoms with Gasteiger partial charge in [0.1, 0.15) is 5.82 Å². The molecule has 0 radical (unpaired) electrons. The first-order valence-electron chi connectivity index (χ1n) is 15.8. The number of aryl methyl sites for hydroxylation is 1. The van der Waals surface area contributed by atoms with E-state index in [0.717, 1.165) is 28.0 Å². The summed E-state index contributed by atoms with van der Waals surface area (Å²) in [6.07, 6.45) is 0. The molecule has 2 nitrogen and oxygen atoms in total. The van der Waals surface area contributed by atoms with Crippen molar-refractivity contribution >= 4 is 43.4 Å². The van der Waals surface area contributed by atoms with E-state index in [-0.39, 0.29) is 0 Å². The number of nitrogens with zero attached hydrogens (tertiary/aromatic N) is 2. The average Bonchev–Trinajstić information content (AvgIpc) is 3.47. The van der Waals surface area contributed by atoms with E-state index in [9.17, 15) is 0 Å². The van der Waals surface area contributed by atoms with Gasteiger partial charge in [-0.2, -0.15) is 0 Å². The van der Waals surface area contributed by atoms with Gasteiger partial charge in [0, 0.05) is 18.2 Å². The maximum Gasteiger partial charge on any atom is 0.140 e. The highest BCUT2D eigenvalue weighted by molar-refractivity contribution is 6.23. The molecule has 0 aliphatic carbocycles. The van der Waals surface area contributed by atoms with Crippen LogP contribution < -0.4 is 0 Å². The molecule has 0 N–H and O–H groups in total. The van der Waals surface area contributed by atoms with Crippen LogP contribution in [-0.2, 0) is 7.05 Å². The van der Waals surface area contributed by atoms with Gasteiger partial charge in [0.2, 0.25) is 0 Å². The van der Waals surface area contributed by atoms with E-state index < -0.39 is 0 Å². The van der Waals surface area contributed by atoms with E-state index in [1.54, 1.807) is 0 Å². The van der Waals surface area contributed by atoms with Crippen molar-refractivity contribution in [2.75, 3.05) is 0 Å². The number of hydrogen-bond acceptors (Lipinski definition) is 1. The number of hydrogen-bond donors (Lipinski definition) is 0. The SMILES string of the molecule is Cn1c(-c2ccccc2)nc2c(-c3c4ccccc4c(-c4cccc(-c5cccc6ccccc56)c4)c4ccccc34)cccc21. The third-order valence-electron chi connectivity index (χ3n) is 9.40. The Kier molecular flexibility index (Phi) is 6.07. The second kappa shape index (κ2) is 10.6. The van der Waals surface area contributed by atoms with E-state index in [2.05, 4.69) is 175 Å². The Balaban J connectivity index is 1.32. The summed E-state index contributed by atoms with van der Waals surface area (Å²) in [4.78, 5) is 5.29. The van der Waals surface area contributed by atoms with Gasteiger partial charge in [-0.3, -0.25) is 0 Å². The predicted molar refractivity (Wildman–Crippen MR) is 195 cm³/mol. The highest BCUT2D eigenvalue weighted by atomic mass is 15.1. The van der Waals surface area contributed by atoms with Crippen LogP contribution in [0.2, 0.25) is 0 Å². The lowest BCUT2D eigenvalue weighted by molar-refractivity contribution is 0.959. The lowest BCUT2D eigenvalue weighted by Crippen LogP contribution is -1.92. The van der Waals surface area contributed by atoms with Crippen LogP contribution in [0.25, 0.3) is 88.1 Å². The first kappa shape index (κ1) is 26.4. The summed E-state index contributed by atoms with van der Waals surface area (Å²) in [6, 6.07) is 59.0. The van der Waals surface area contributed by atoms with Crippen LogP contribution in [0.1, 0.15) is 0 Å². The van der Waals surface area contributed by atoms with E-state index in [1.165, 1.54) is 60.1 Å². The molecule has 0 unspecified atom stereocenters. The summed E-state index contributed by atoms with van der Waals surface area (Å²) in [6.45, 7) is 0. The maximum absolute atomic E-state index is 5.29. The minimum Gasteiger partial charge on any atom is -0.327 e. The molecule has 0 bridgehead atoms. The summed E-state index contributed by atoms with van der Waals surface area (Å²) in [5, 5.41) is 7.46. The number of rotatable bonds is 4. The highest BCUT2D eigenvalue weighted by Crippen LogP contribution is 2.46. The van der Waals surface area contributed by atoms with Crippen LogP contribution in [0, 0.1) is 0 Å². The molecule has 1 aromatic heterocycles. The Morgan fingerprint density at radius 3 is 1.67 bits per heavy atom. The first-order valence-corrected chi connectivity index (χ1v) is 15.8. The van der Waals surface area contributed by atoms with Gasteiger partial charge in [-0.1, -0.05) is 152 Å². The molecule has 0 aliphatic heterocycles. The van der Waals surface area contributed by atoms with Crippen molar-refractivity contribution in [2.24, 2.45) is 7.05 Å². The maximum atomic E-state index is 5.29. The molecule has 0 atom stereocenters. The number of fused-ring (bicyclic) bond motifs is 4. The number of aromatic nitrogens is 2. The monoisotopic (exact) mass is 586 g/mol. The first-order chi connectivity index (χ1) is 22.8. The minimum atomic E-state index is 0.971. The van der Waals surface area contributed by atoms with Crippen molar-refractivity contribution in [3.8, 4) is 44.8 Å². The molecule has 9 aromatic rings. The Morgan fingerprint density at radius 1 is 0.413 bits per heavy atom. The van der Waals surface area contributed by atoms with E-state index in [1.807, 2.05) is 0 Å². The topological polar surface area (TPSA) is 17.8 Å². The second-order valence-corrected chi connectivity index (χ2v) is 12.0. The molecule has 0 saturated carbocycles. The molecular formula is C44H30N2. The predicted octanol–water partition coefficient (Wildman–Crippen LogP) is 11.7. The largest absolute Gasteiger partial charge is 0.327 e. The summed E-state index contributed by atoms with van der Waals surface area (Å²) in [5.74, 6) is 0.971. The molecule has 0 saturated heterocycles. The Labute approximate surface area is 267 Å². The van der Waals surface area contributed by atoms with E-state index in [4.69, 9.17) is 4.98 Å². The molecule has 9 rings (SSSR count). The van der Waals surface area contributed by atoms with Crippen LogP contribution in [-0.4, -0.2) is 9.55 Å². The fourth-order valence-electron chi connectivity index (χ4n) is 7.31. The summed E-state index contributed by atoms with van der Waals surface area (Å²) < 4.78 is 2.21. The molecule has 8 aromatic carbocycles. The number of para-hydroxylation sites is 1. The normalized spacial score (nSPS) is 11.6. The van der Waals surface area contributed by atoms with Gasteiger partial charge < -0.3 is 4.57 Å². The zero-order valence-corrected chi connectivity index (χ0v) is 25.5. The molecule has 0 amide bonds. The molecule has 2 heteroatoms. The Hall–Kier alpha value is -5.99. The lowest BCUT2D eigenvalue weighted by Gasteiger charge is -2.18. The zero-order valence-electron chi connectivity index (χ0n) is 25.5. The van der Waals surface area contributed by atoms with Gasteiger partial charge in [-0.25, -0.2) is 4.98 Å². The summed E-state index contributed by atoms with van der Waals surface area (Å²) >= 11 is 0. The standard InChI is InChI=1S/C44H30N2/c1-46-40-27-13-26-39(43(40)45-44(46)30-15-3-2-4-16-30)42-37-23-9-7-21-35(37)41(36-22-8-10-24-38(36)42)32-19-11-18-31(28-32)34-25-12-17-29-14-5-6-20-33(29)34/h2-28H,1H3. The zero-order chi connectivity index (χ0) is 30.6. The summed E-state index contributed by atoms with van der Waals surface area (Å²) in [7, 11) is 2.11. The second-order valence-electron chi connectivity index (χ2n) is 12.0. The third-order valence-corrected chi connectivity index (χ3v) is 9.40. The number of imidazole rings is 1. The fraction of sp³-hybridized carbons (Fsp3) is 0.0227. The van der Waals surface area contributed by atoms with Crippen LogP contribution in [0.5, 0.6) is 0 Å². The molecule has 46 heavy (non-hydrogen) atoms. The van der Waals surface area contributed by atoms with Gasteiger partial charge in [0.25, 0.3) is 0 Å². The van der Waals surface area contributed by atoms with Crippen molar-refractivity contribution in [1.82, 2.24) is 9.55 Å². The van der Waals surface area contributed by atoms with Crippen molar-refractivity contribution in [3.05, 3.63) is 164 Å². The Bertz CT molecular complexity index is 2530. The van der Waals surface area contributed by atoms with E-state index in [0.29, 0.717) is 0 Å². The van der Waals surface area contributed by atoms with Crippen LogP contribution >= 0.6 is 0 Å². The van der Waals surface area contributed by atoms with Crippen molar-refractivity contribution < 1.29 is 0 Å². The quantitative estimate of drug-likeness (QED) is 0.188. The molecule has 0 spiro atoms.